The summed E-state index contributed by atoms with van der Waals surface area (Å²) in [4.78, 5) is 73.2. The molecule has 14 heteroatoms. The number of aromatic nitrogens is 3. The van der Waals surface area contributed by atoms with Gasteiger partial charge in [0.25, 0.3) is 5.91 Å². The summed E-state index contributed by atoms with van der Waals surface area (Å²) in [6.45, 7) is -0.166. The summed E-state index contributed by atoms with van der Waals surface area (Å²) >= 11 is 1.39. The Hall–Kier alpha value is -4.72. The molecule has 44 heavy (non-hydrogen) atoms. The molecule has 1 aromatic heterocycles. The monoisotopic (exact) mass is 619 g/mol. The zero-order valence-corrected chi connectivity index (χ0v) is 25.2. The van der Waals surface area contributed by atoms with Crippen LogP contribution < -0.4 is 10.6 Å². The summed E-state index contributed by atoms with van der Waals surface area (Å²) in [5.74, 6) is -2.11. The molecule has 0 saturated carbocycles. The van der Waals surface area contributed by atoms with Crippen LogP contribution in [0.1, 0.15) is 39.4 Å². The number of ether oxygens (including phenoxy) is 1. The number of para-hydroxylation sites is 1. The second-order valence-corrected chi connectivity index (χ2v) is 11.7. The highest BCUT2D eigenvalue weighted by molar-refractivity contribution is 7.98. The minimum Gasteiger partial charge on any atom is -0.459 e. The van der Waals surface area contributed by atoms with Crippen molar-refractivity contribution < 1.29 is 28.7 Å². The van der Waals surface area contributed by atoms with Crippen LogP contribution in [0.5, 0.6) is 0 Å². The summed E-state index contributed by atoms with van der Waals surface area (Å²) < 4.78 is 6.97. The number of nitrogens with one attached hydrogen (secondary N) is 2. The molecule has 0 aliphatic carbocycles. The number of nitrogens with zero attached hydrogens (tertiary/aromatic N) is 5. The summed E-state index contributed by atoms with van der Waals surface area (Å²) in [5.41, 5.74) is 1.80. The largest absolute Gasteiger partial charge is 0.459 e. The quantitative estimate of drug-likeness (QED) is 0.399. The number of carbonyl (C=O) groups excluding carboxylic acids is 5. The van der Waals surface area contributed by atoms with E-state index in [-0.39, 0.29) is 17.5 Å². The molecule has 0 unspecified atom stereocenters. The van der Waals surface area contributed by atoms with Crippen molar-refractivity contribution in [3.05, 3.63) is 77.9 Å². The number of cyclic esters (lactones) is 1. The lowest BCUT2D eigenvalue weighted by atomic mass is 10.1. The molecular weight excluding hydrogens is 586 g/mol. The van der Waals surface area contributed by atoms with E-state index in [4.69, 9.17) is 4.74 Å². The van der Waals surface area contributed by atoms with E-state index in [1.807, 2.05) is 36.4 Å². The molecule has 4 amide bonds. The molecule has 2 aliphatic heterocycles. The molecule has 5 rings (SSSR count). The highest BCUT2D eigenvalue weighted by Gasteiger charge is 2.38. The number of likely N-dealkylation sites (N-methyl/N-ethyl adjacent to an activating group) is 1. The Morgan fingerprint density at radius 3 is 2.59 bits per heavy atom. The van der Waals surface area contributed by atoms with E-state index in [1.54, 1.807) is 32.3 Å². The third kappa shape index (κ3) is 6.91. The summed E-state index contributed by atoms with van der Waals surface area (Å²) in [7, 11) is 3.18. The number of likely N-dealkylation sites (tertiary alicyclic amines) is 1. The van der Waals surface area contributed by atoms with E-state index in [0.717, 1.165) is 11.3 Å². The zero-order chi connectivity index (χ0) is 31.2. The molecular formula is C30H33N7O6S. The van der Waals surface area contributed by atoms with Crippen molar-refractivity contribution in [1.82, 2.24) is 35.2 Å². The maximum atomic E-state index is 13.6. The molecule has 2 aromatic carbocycles. The third-order valence-corrected chi connectivity index (χ3v) is 8.45. The fraction of sp³-hybridized carbons (Fsp3) is 0.367. The SMILES string of the molecule is CN(C)C(=O)[C@H]1CSCc2ccccc2C(=O)OC[C@@H](NC(=O)[C@@H]2CCCN2C(=O)c2ncn(-c3ccccc3)n2)C(=O)N1. The van der Waals surface area contributed by atoms with Crippen LogP contribution >= 0.6 is 11.8 Å². The van der Waals surface area contributed by atoms with Crippen LogP contribution in [0, 0.1) is 0 Å². The predicted octanol–water partition coefficient (Wildman–Crippen LogP) is 1.03. The maximum Gasteiger partial charge on any atom is 0.338 e. The Bertz CT molecular complexity index is 1550. The third-order valence-electron chi connectivity index (χ3n) is 7.37. The van der Waals surface area contributed by atoms with Gasteiger partial charge in [0.15, 0.2) is 0 Å². The van der Waals surface area contributed by atoms with Crippen molar-refractivity contribution in [3.63, 3.8) is 0 Å². The van der Waals surface area contributed by atoms with Crippen molar-refractivity contribution >= 4 is 41.4 Å². The molecule has 3 heterocycles. The second-order valence-electron chi connectivity index (χ2n) is 10.6. The van der Waals surface area contributed by atoms with Gasteiger partial charge in [-0.25, -0.2) is 14.5 Å². The Morgan fingerprint density at radius 1 is 1.07 bits per heavy atom. The van der Waals surface area contributed by atoms with E-state index < -0.39 is 48.4 Å². The average Bonchev–Trinajstić information content (AvgIpc) is 3.73. The van der Waals surface area contributed by atoms with Gasteiger partial charge in [0.2, 0.25) is 23.5 Å². The number of thioether (sulfide) groups is 1. The van der Waals surface area contributed by atoms with Crippen molar-refractivity contribution in [2.45, 2.75) is 36.7 Å². The van der Waals surface area contributed by atoms with Gasteiger partial charge in [-0.15, -0.1) is 5.10 Å². The smallest absolute Gasteiger partial charge is 0.338 e. The lowest BCUT2D eigenvalue weighted by molar-refractivity contribution is -0.136. The van der Waals surface area contributed by atoms with Crippen molar-refractivity contribution in [1.29, 1.82) is 0 Å². The van der Waals surface area contributed by atoms with Gasteiger partial charge in [-0.1, -0.05) is 36.4 Å². The van der Waals surface area contributed by atoms with E-state index in [9.17, 15) is 24.0 Å². The molecule has 2 aliphatic rings. The first kappa shape index (κ1) is 30.7. The first-order chi connectivity index (χ1) is 21.2. The van der Waals surface area contributed by atoms with Crippen LogP contribution in [0.4, 0.5) is 0 Å². The van der Waals surface area contributed by atoms with E-state index in [1.165, 1.54) is 32.6 Å². The Morgan fingerprint density at radius 2 is 1.82 bits per heavy atom. The van der Waals surface area contributed by atoms with Gasteiger partial charge < -0.3 is 25.2 Å². The van der Waals surface area contributed by atoms with Crippen LogP contribution in [-0.2, 0) is 24.9 Å². The van der Waals surface area contributed by atoms with Crippen molar-refractivity contribution in [3.8, 4) is 5.69 Å². The van der Waals surface area contributed by atoms with Gasteiger partial charge in [0.1, 0.15) is 31.1 Å². The Balaban J connectivity index is 1.34. The van der Waals surface area contributed by atoms with Crippen LogP contribution in [0.15, 0.2) is 60.9 Å². The number of esters is 1. The standard InChI is InChI=1S/C30H33N7O6S/c1-35(2)28(40)23-17-44-16-19-9-6-7-12-21(19)30(42)43-15-22(26(38)33-23)32-27(39)24-13-8-14-36(24)29(41)25-31-18-37(34-25)20-10-4-3-5-11-20/h3-7,9-12,18,22-24H,8,13-17H2,1-2H3,(H,32,39)(H,33,38)/t22-,23-,24+/m1/s1. The number of hydrogen-bond acceptors (Lipinski definition) is 9. The van der Waals surface area contributed by atoms with E-state index >= 15 is 0 Å². The zero-order valence-electron chi connectivity index (χ0n) is 24.3. The number of rotatable bonds is 5. The number of benzene rings is 2. The number of hydrogen-bond donors (Lipinski definition) is 2. The van der Waals surface area contributed by atoms with Gasteiger partial charge in [0, 0.05) is 32.1 Å². The molecule has 1 fully saturated rings. The topological polar surface area (TPSA) is 156 Å². The van der Waals surface area contributed by atoms with Gasteiger partial charge in [-0.2, -0.15) is 11.8 Å². The van der Waals surface area contributed by atoms with Gasteiger partial charge in [0.05, 0.1) is 11.3 Å². The summed E-state index contributed by atoms with van der Waals surface area (Å²) in [6.07, 6.45) is 2.35. The molecule has 2 N–H and O–H groups in total. The maximum absolute atomic E-state index is 13.6. The number of amides is 4. The molecule has 0 bridgehead atoms. The molecule has 0 spiro atoms. The van der Waals surface area contributed by atoms with Crippen molar-refractivity contribution in [2.24, 2.45) is 0 Å². The molecule has 230 valence electrons. The van der Waals surface area contributed by atoms with E-state index in [0.29, 0.717) is 30.7 Å². The van der Waals surface area contributed by atoms with Crippen LogP contribution in [-0.4, -0.2) is 105 Å². The molecule has 3 aromatic rings. The lowest BCUT2D eigenvalue weighted by Crippen LogP contribution is -2.58. The number of fused-ring (bicyclic) bond motifs is 1. The molecule has 13 nitrogen and oxygen atoms in total. The van der Waals surface area contributed by atoms with Crippen LogP contribution in [0.2, 0.25) is 0 Å². The average molecular weight is 620 g/mol. The summed E-state index contributed by atoms with van der Waals surface area (Å²) in [6, 6.07) is 13.1. The summed E-state index contributed by atoms with van der Waals surface area (Å²) in [5, 5.41) is 9.68. The normalized spacial score (nSPS) is 20.8. The number of carbonyl (C=O) groups is 5. The highest BCUT2D eigenvalue weighted by atomic mass is 32.2. The van der Waals surface area contributed by atoms with Gasteiger partial charge >= 0.3 is 5.97 Å². The van der Waals surface area contributed by atoms with Crippen molar-refractivity contribution in [2.75, 3.05) is 33.0 Å². The van der Waals surface area contributed by atoms with E-state index in [2.05, 4.69) is 20.7 Å². The van der Waals surface area contributed by atoms with Crippen LogP contribution in [0.3, 0.4) is 0 Å². The Kier molecular flexibility index (Phi) is 9.58. The minimum atomic E-state index is -1.31. The van der Waals surface area contributed by atoms with Gasteiger partial charge in [-0.05, 0) is 36.6 Å². The molecule has 0 radical (unpaired) electrons. The highest BCUT2D eigenvalue weighted by Crippen LogP contribution is 2.22. The lowest BCUT2D eigenvalue weighted by Gasteiger charge is -2.28. The molecule has 1 saturated heterocycles. The predicted molar refractivity (Wildman–Crippen MR) is 161 cm³/mol. The minimum absolute atomic E-state index is 0.0626. The fourth-order valence-electron chi connectivity index (χ4n) is 5.06. The first-order valence-corrected chi connectivity index (χ1v) is 15.3. The molecule has 3 atom stereocenters. The van der Waals surface area contributed by atoms with Gasteiger partial charge in [-0.3, -0.25) is 19.2 Å². The second kappa shape index (κ2) is 13.7. The van der Waals surface area contributed by atoms with Crippen LogP contribution in [0.25, 0.3) is 5.69 Å². The fourth-order valence-corrected chi connectivity index (χ4v) is 6.11. The first-order valence-electron chi connectivity index (χ1n) is 14.2. The Labute approximate surface area is 258 Å².